The van der Waals surface area contributed by atoms with Crippen molar-refractivity contribution >= 4 is 22.9 Å². The van der Waals surface area contributed by atoms with Crippen LogP contribution in [0.15, 0.2) is 48.1 Å². The van der Waals surface area contributed by atoms with Crippen molar-refractivity contribution in [3.05, 3.63) is 53.1 Å². The van der Waals surface area contributed by atoms with Crippen molar-refractivity contribution in [3.8, 4) is 27.6 Å². The van der Waals surface area contributed by atoms with Crippen LogP contribution in [-0.2, 0) is 0 Å². The van der Waals surface area contributed by atoms with Crippen molar-refractivity contribution in [2.45, 2.75) is 0 Å². The molecule has 3 aromatic rings. The van der Waals surface area contributed by atoms with E-state index >= 15 is 0 Å². The number of aromatic nitrogens is 2. The van der Waals surface area contributed by atoms with Gasteiger partial charge in [-0.05, 0) is 18.2 Å². The first-order chi connectivity index (χ1) is 9.78. The average molecular weight is 303 g/mol. The molecular formula is C15H11ClN2OS. The molecule has 3 rings (SSSR count). The second kappa shape index (κ2) is 5.61. The lowest BCUT2D eigenvalue weighted by Crippen LogP contribution is -1.88. The molecule has 0 radical (unpaired) electrons. The normalized spacial score (nSPS) is 10.5. The monoisotopic (exact) mass is 302 g/mol. The van der Waals surface area contributed by atoms with Gasteiger partial charge in [-0.15, -0.1) is 11.3 Å². The van der Waals surface area contributed by atoms with Crippen LogP contribution in [0.2, 0.25) is 5.02 Å². The van der Waals surface area contributed by atoms with E-state index in [9.17, 15) is 0 Å². The molecule has 3 nitrogen and oxygen atoms in total. The van der Waals surface area contributed by atoms with Crippen molar-refractivity contribution in [1.82, 2.24) is 9.97 Å². The molecular weight excluding hydrogens is 292 g/mol. The molecule has 0 amide bonds. The maximum Gasteiger partial charge on any atom is 0.132 e. The number of pyridine rings is 1. The Morgan fingerprint density at radius 2 is 1.95 bits per heavy atom. The highest BCUT2D eigenvalue weighted by Gasteiger charge is 2.11. The summed E-state index contributed by atoms with van der Waals surface area (Å²) in [6.45, 7) is 0. The second-order valence-corrected chi connectivity index (χ2v) is 5.42. The summed E-state index contributed by atoms with van der Waals surface area (Å²) < 4.78 is 5.34. The highest BCUT2D eigenvalue weighted by atomic mass is 35.5. The van der Waals surface area contributed by atoms with Gasteiger partial charge in [0.1, 0.15) is 10.8 Å². The summed E-state index contributed by atoms with van der Waals surface area (Å²) in [7, 11) is 1.65. The SMILES string of the molecule is COc1ccncc1-c1nc(-c2ccc(Cl)cc2)cs1. The van der Waals surface area contributed by atoms with Gasteiger partial charge in [-0.2, -0.15) is 0 Å². The molecule has 1 aromatic carbocycles. The van der Waals surface area contributed by atoms with Gasteiger partial charge in [0.25, 0.3) is 0 Å². The van der Waals surface area contributed by atoms with Crippen LogP contribution < -0.4 is 4.74 Å². The molecule has 0 saturated heterocycles. The third-order valence-corrected chi connectivity index (χ3v) is 4.00. The fourth-order valence-corrected chi connectivity index (χ4v) is 2.84. The number of halogens is 1. The molecule has 100 valence electrons. The summed E-state index contributed by atoms with van der Waals surface area (Å²) in [5, 5.41) is 3.63. The van der Waals surface area contributed by atoms with Gasteiger partial charge in [0.05, 0.1) is 18.4 Å². The van der Waals surface area contributed by atoms with Crippen LogP contribution in [0.4, 0.5) is 0 Å². The van der Waals surface area contributed by atoms with E-state index in [4.69, 9.17) is 16.3 Å². The molecule has 0 N–H and O–H groups in total. The summed E-state index contributed by atoms with van der Waals surface area (Å²) >= 11 is 7.46. The summed E-state index contributed by atoms with van der Waals surface area (Å²) in [5.74, 6) is 0.775. The topological polar surface area (TPSA) is 35.0 Å². The van der Waals surface area contributed by atoms with Gasteiger partial charge in [0.2, 0.25) is 0 Å². The lowest BCUT2D eigenvalue weighted by Gasteiger charge is -2.03. The summed E-state index contributed by atoms with van der Waals surface area (Å²) in [6.07, 6.45) is 3.47. The zero-order valence-electron chi connectivity index (χ0n) is 10.7. The van der Waals surface area contributed by atoms with Crippen molar-refractivity contribution in [2.24, 2.45) is 0 Å². The molecule has 0 aliphatic rings. The van der Waals surface area contributed by atoms with Gasteiger partial charge in [-0.25, -0.2) is 4.98 Å². The highest BCUT2D eigenvalue weighted by molar-refractivity contribution is 7.13. The first-order valence-electron chi connectivity index (χ1n) is 5.98. The van der Waals surface area contributed by atoms with Crippen LogP contribution in [0.5, 0.6) is 5.75 Å². The van der Waals surface area contributed by atoms with Crippen molar-refractivity contribution in [2.75, 3.05) is 7.11 Å². The van der Waals surface area contributed by atoms with Crippen molar-refractivity contribution in [3.63, 3.8) is 0 Å². The van der Waals surface area contributed by atoms with E-state index in [0.29, 0.717) is 0 Å². The van der Waals surface area contributed by atoms with E-state index in [-0.39, 0.29) is 0 Å². The maximum atomic E-state index is 5.90. The van der Waals surface area contributed by atoms with Crippen LogP contribution in [0.3, 0.4) is 0 Å². The Morgan fingerprint density at radius 3 is 2.70 bits per heavy atom. The van der Waals surface area contributed by atoms with Gasteiger partial charge < -0.3 is 4.74 Å². The largest absolute Gasteiger partial charge is 0.496 e. The Hall–Kier alpha value is -1.91. The fraction of sp³-hybridized carbons (Fsp3) is 0.0667. The molecule has 0 fully saturated rings. The number of hydrogen-bond donors (Lipinski definition) is 0. The van der Waals surface area contributed by atoms with Crippen LogP contribution in [0.25, 0.3) is 21.8 Å². The Balaban J connectivity index is 2.00. The molecule has 0 aliphatic heterocycles. The maximum absolute atomic E-state index is 5.90. The van der Waals surface area contributed by atoms with Gasteiger partial charge in [-0.1, -0.05) is 23.7 Å². The van der Waals surface area contributed by atoms with Crippen LogP contribution in [0.1, 0.15) is 0 Å². The molecule has 20 heavy (non-hydrogen) atoms. The van der Waals surface area contributed by atoms with E-state index in [1.807, 2.05) is 35.7 Å². The Bertz CT molecular complexity index is 725. The minimum Gasteiger partial charge on any atom is -0.496 e. The lowest BCUT2D eigenvalue weighted by atomic mass is 10.2. The Kier molecular flexibility index (Phi) is 3.67. The quantitative estimate of drug-likeness (QED) is 0.713. The van der Waals surface area contributed by atoms with Gasteiger partial charge in [0, 0.05) is 28.4 Å². The predicted octanol–water partition coefficient (Wildman–Crippen LogP) is 4.53. The Morgan fingerprint density at radius 1 is 1.15 bits per heavy atom. The number of rotatable bonds is 3. The van der Waals surface area contributed by atoms with Gasteiger partial charge in [0.15, 0.2) is 0 Å². The predicted molar refractivity (Wildman–Crippen MR) is 82.3 cm³/mol. The Labute approximate surface area is 125 Å². The molecule has 0 spiro atoms. The molecule has 0 atom stereocenters. The van der Waals surface area contributed by atoms with Crippen molar-refractivity contribution < 1.29 is 4.74 Å². The number of ether oxygens (including phenoxy) is 1. The summed E-state index contributed by atoms with van der Waals surface area (Å²) in [4.78, 5) is 8.78. The number of nitrogens with zero attached hydrogens (tertiary/aromatic N) is 2. The van der Waals surface area contributed by atoms with Gasteiger partial charge in [-0.3, -0.25) is 4.98 Å². The molecule has 2 heterocycles. The number of methoxy groups -OCH3 is 1. The van der Waals surface area contributed by atoms with Crippen molar-refractivity contribution in [1.29, 1.82) is 0 Å². The van der Waals surface area contributed by atoms with E-state index in [0.717, 1.165) is 32.6 Å². The zero-order valence-corrected chi connectivity index (χ0v) is 12.3. The molecule has 0 unspecified atom stereocenters. The third-order valence-electron chi connectivity index (χ3n) is 2.88. The summed E-state index contributed by atoms with van der Waals surface area (Å²) in [6, 6.07) is 9.48. The molecule has 0 aliphatic carbocycles. The van der Waals surface area contributed by atoms with E-state index in [1.165, 1.54) is 0 Å². The minimum absolute atomic E-state index is 0.720. The standard InChI is InChI=1S/C15H11ClN2OS/c1-19-14-6-7-17-8-12(14)15-18-13(9-20-15)10-2-4-11(16)5-3-10/h2-9H,1H3. The minimum atomic E-state index is 0.720. The number of hydrogen-bond acceptors (Lipinski definition) is 4. The molecule has 0 saturated carbocycles. The van der Waals surface area contributed by atoms with Gasteiger partial charge >= 0.3 is 0 Å². The van der Waals surface area contributed by atoms with E-state index in [1.54, 1.807) is 30.8 Å². The van der Waals surface area contributed by atoms with Crippen LogP contribution >= 0.6 is 22.9 Å². The van der Waals surface area contributed by atoms with Crippen LogP contribution in [-0.4, -0.2) is 17.1 Å². The summed E-state index contributed by atoms with van der Waals surface area (Å²) in [5.41, 5.74) is 2.87. The lowest BCUT2D eigenvalue weighted by molar-refractivity contribution is 0.416. The average Bonchev–Trinajstić information content (AvgIpc) is 2.97. The second-order valence-electron chi connectivity index (χ2n) is 4.12. The van der Waals surface area contributed by atoms with E-state index in [2.05, 4.69) is 9.97 Å². The third kappa shape index (κ3) is 2.53. The molecule has 5 heteroatoms. The number of thiazole rings is 1. The first kappa shape index (κ1) is 13.1. The number of benzene rings is 1. The molecule has 2 aromatic heterocycles. The highest BCUT2D eigenvalue weighted by Crippen LogP contribution is 2.33. The smallest absolute Gasteiger partial charge is 0.132 e. The van der Waals surface area contributed by atoms with E-state index < -0.39 is 0 Å². The zero-order chi connectivity index (χ0) is 13.9. The van der Waals surface area contributed by atoms with Crippen LogP contribution in [0, 0.1) is 0 Å². The molecule has 0 bridgehead atoms. The first-order valence-corrected chi connectivity index (χ1v) is 7.23. The fourth-order valence-electron chi connectivity index (χ4n) is 1.87.